The first-order valence-electron chi connectivity index (χ1n) is 7.33. The maximum Gasteiger partial charge on any atom is 0.416 e. The van der Waals surface area contributed by atoms with Gasteiger partial charge in [0.15, 0.2) is 0 Å². The van der Waals surface area contributed by atoms with E-state index in [1.807, 2.05) is 5.38 Å². The topological polar surface area (TPSA) is 59.8 Å². The number of hydrogen-bond acceptors (Lipinski definition) is 4. The van der Waals surface area contributed by atoms with E-state index in [1.54, 1.807) is 23.1 Å². The molecule has 3 aromatic rings. The Hall–Kier alpha value is -2.68. The van der Waals surface area contributed by atoms with Crippen molar-refractivity contribution in [2.24, 2.45) is 0 Å². The fraction of sp³-hybridized carbons (Fsp3) is 0.188. The molecule has 130 valence electrons. The van der Waals surface area contributed by atoms with Crippen molar-refractivity contribution in [3.63, 3.8) is 0 Å². The highest BCUT2D eigenvalue weighted by atomic mass is 32.1. The second-order valence-electron chi connectivity index (χ2n) is 5.15. The molecule has 1 aromatic carbocycles. The summed E-state index contributed by atoms with van der Waals surface area (Å²) < 4.78 is 39.2. The molecule has 0 unspecified atom stereocenters. The standard InChI is InChI=1S/C16H13F3N4OS/c17-16(18,19)12-4-2-11(3-5-12)14(24)20-8-6-13-10-25-15(22-13)23-9-1-7-21-23/h1-5,7,9-10H,6,8H2,(H,20,24). The van der Waals surface area contributed by atoms with Crippen LogP contribution in [0.15, 0.2) is 48.1 Å². The van der Waals surface area contributed by atoms with E-state index in [0.29, 0.717) is 13.0 Å². The lowest BCUT2D eigenvalue weighted by atomic mass is 10.1. The molecular weight excluding hydrogens is 353 g/mol. The van der Waals surface area contributed by atoms with Crippen molar-refractivity contribution >= 4 is 17.2 Å². The molecule has 25 heavy (non-hydrogen) atoms. The van der Waals surface area contributed by atoms with E-state index in [1.165, 1.54) is 11.3 Å². The third-order valence-electron chi connectivity index (χ3n) is 3.38. The first kappa shape index (κ1) is 17.2. The van der Waals surface area contributed by atoms with Crippen molar-refractivity contribution < 1.29 is 18.0 Å². The average Bonchev–Trinajstić information content (AvgIpc) is 3.25. The predicted octanol–water partition coefficient (Wildman–Crippen LogP) is 3.32. The number of benzene rings is 1. The lowest BCUT2D eigenvalue weighted by Gasteiger charge is -2.08. The maximum atomic E-state index is 12.5. The van der Waals surface area contributed by atoms with Gasteiger partial charge in [-0.25, -0.2) is 9.67 Å². The van der Waals surface area contributed by atoms with Gasteiger partial charge in [-0.2, -0.15) is 18.3 Å². The van der Waals surface area contributed by atoms with Crippen molar-refractivity contribution in [3.05, 3.63) is 64.9 Å². The van der Waals surface area contributed by atoms with Gasteiger partial charge in [0.05, 0.1) is 11.3 Å². The number of carbonyl (C=O) groups is 1. The molecule has 0 radical (unpaired) electrons. The summed E-state index contributed by atoms with van der Waals surface area (Å²) in [6.07, 6.45) is -0.448. The Labute approximate surface area is 145 Å². The molecule has 0 spiro atoms. The molecule has 1 amide bonds. The van der Waals surface area contributed by atoms with Gasteiger partial charge in [-0.05, 0) is 30.3 Å². The Kier molecular flexibility index (Phi) is 4.84. The SMILES string of the molecule is O=C(NCCc1csc(-n2cccn2)n1)c1ccc(C(F)(F)F)cc1. The molecule has 9 heteroatoms. The monoisotopic (exact) mass is 366 g/mol. The zero-order chi connectivity index (χ0) is 17.9. The molecule has 0 aliphatic rings. The number of amides is 1. The smallest absolute Gasteiger partial charge is 0.352 e. The first-order valence-corrected chi connectivity index (χ1v) is 8.21. The summed E-state index contributed by atoms with van der Waals surface area (Å²) in [5, 5.41) is 9.37. The number of nitrogens with one attached hydrogen (secondary N) is 1. The summed E-state index contributed by atoms with van der Waals surface area (Å²) in [6.45, 7) is 0.335. The van der Waals surface area contributed by atoms with E-state index in [9.17, 15) is 18.0 Å². The largest absolute Gasteiger partial charge is 0.416 e. The molecular formula is C16H13F3N4OS. The highest BCUT2D eigenvalue weighted by Crippen LogP contribution is 2.29. The molecule has 0 saturated carbocycles. The lowest BCUT2D eigenvalue weighted by Crippen LogP contribution is -2.25. The van der Waals surface area contributed by atoms with Crippen LogP contribution in [0.3, 0.4) is 0 Å². The van der Waals surface area contributed by atoms with E-state index in [2.05, 4.69) is 15.4 Å². The van der Waals surface area contributed by atoms with Crippen LogP contribution in [0.4, 0.5) is 13.2 Å². The zero-order valence-electron chi connectivity index (χ0n) is 12.8. The van der Waals surface area contributed by atoms with Gasteiger partial charge < -0.3 is 5.32 Å². The molecule has 3 rings (SSSR count). The van der Waals surface area contributed by atoms with Crippen LogP contribution in [-0.2, 0) is 12.6 Å². The summed E-state index contributed by atoms with van der Waals surface area (Å²) in [6, 6.07) is 5.91. The molecule has 2 heterocycles. The molecule has 0 saturated heterocycles. The van der Waals surface area contributed by atoms with Crippen LogP contribution in [0.2, 0.25) is 0 Å². The lowest BCUT2D eigenvalue weighted by molar-refractivity contribution is -0.137. The van der Waals surface area contributed by atoms with Gasteiger partial charge in [-0.1, -0.05) is 0 Å². The van der Waals surface area contributed by atoms with Gasteiger partial charge in [-0.3, -0.25) is 4.79 Å². The molecule has 0 atom stereocenters. The summed E-state index contributed by atoms with van der Waals surface area (Å²) in [5.74, 6) is -0.420. The Balaban J connectivity index is 1.53. The van der Waals surface area contributed by atoms with Crippen LogP contribution in [0.25, 0.3) is 5.13 Å². The molecule has 0 aliphatic carbocycles. The van der Waals surface area contributed by atoms with E-state index in [-0.39, 0.29) is 5.56 Å². The van der Waals surface area contributed by atoms with Crippen molar-refractivity contribution in [1.82, 2.24) is 20.1 Å². The normalized spacial score (nSPS) is 11.5. The highest BCUT2D eigenvalue weighted by molar-refractivity contribution is 7.12. The number of rotatable bonds is 5. The molecule has 0 aliphatic heterocycles. The molecule has 0 bridgehead atoms. The van der Waals surface area contributed by atoms with Gasteiger partial charge >= 0.3 is 6.18 Å². The fourth-order valence-corrected chi connectivity index (χ4v) is 2.91. The summed E-state index contributed by atoms with van der Waals surface area (Å²) in [7, 11) is 0. The minimum absolute atomic E-state index is 0.184. The van der Waals surface area contributed by atoms with Crippen molar-refractivity contribution in [1.29, 1.82) is 0 Å². The van der Waals surface area contributed by atoms with Crippen LogP contribution < -0.4 is 5.32 Å². The number of hydrogen-bond donors (Lipinski definition) is 1. The number of thiazole rings is 1. The van der Waals surface area contributed by atoms with E-state index in [0.717, 1.165) is 35.1 Å². The third kappa shape index (κ3) is 4.24. The number of aromatic nitrogens is 3. The second kappa shape index (κ2) is 7.06. The van der Waals surface area contributed by atoms with Gasteiger partial charge in [0.25, 0.3) is 5.91 Å². The number of alkyl halides is 3. The zero-order valence-corrected chi connectivity index (χ0v) is 13.6. The summed E-state index contributed by atoms with van der Waals surface area (Å²) >= 11 is 1.44. The maximum absolute atomic E-state index is 12.5. The fourth-order valence-electron chi connectivity index (χ4n) is 2.12. The van der Waals surface area contributed by atoms with Gasteiger partial charge in [0.1, 0.15) is 0 Å². The molecule has 5 nitrogen and oxygen atoms in total. The van der Waals surface area contributed by atoms with Crippen molar-refractivity contribution in [2.45, 2.75) is 12.6 Å². The average molecular weight is 366 g/mol. The van der Waals surface area contributed by atoms with Crippen LogP contribution in [0, 0.1) is 0 Å². The van der Waals surface area contributed by atoms with Gasteiger partial charge in [0.2, 0.25) is 5.13 Å². The summed E-state index contributed by atoms with van der Waals surface area (Å²) in [5.41, 5.74) is 0.212. The van der Waals surface area contributed by atoms with Crippen molar-refractivity contribution in [2.75, 3.05) is 6.54 Å². The predicted molar refractivity (Wildman–Crippen MR) is 86.7 cm³/mol. The van der Waals surface area contributed by atoms with Crippen LogP contribution in [-0.4, -0.2) is 27.2 Å². The van der Waals surface area contributed by atoms with E-state index < -0.39 is 17.6 Å². The molecule has 2 aromatic heterocycles. The van der Waals surface area contributed by atoms with Crippen LogP contribution in [0.5, 0.6) is 0 Å². The van der Waals surface area contributed by atoms with E-state index in [4.69, 9.17) is 0 Å². The Bertz CT molecular complexity index is 841. The van der Waals surface area contributed by atoms with Crippen LogP contribution in [0.1, 0.15) is 21.6 Å². The minimum Gasteiger partial charge on any atom is -0.352 e. The highest BCUT2D eigenvalue weighted by Gasteiger charge is 2.30. The number of carbonyl (C=O) groups excluding carboxylic acids is 1. The third-order valence-corrected chi connectivity index (χ3v) is 4.26. The minimum atomic E-state index is -4.41. The molecule has 0 fully saturated rings. The number of halogens is 3. The Morgan fingerprint density at radius 3 is 2.64 bits per heavy atom. The van der Waals surface area contributed by atoms with E-state index >= 15 is 0 Å². The van der Waals surface area contributed by atoms with Gasteiger partial charge in [0, 0.05) is 36.3 Å². The Morgan fingerprint density at radius 2 is 2.00 bits per heavy atom. The summed E-state index contributed by atoms with van der Waals surface area (Å²) in [4.78, 5) is 16.4. The van der Waals surface area contributed by atoms with Crippen LogP contribution >= 0.6 is 11.3 Å². The quantitative estimate of drug-likeness (QED) is 0.754. The van der Waals surface area contributed by atoms with Gasteiger partial charge in [-0.15, -0.1) is 11.3 Å². The molecule has 1 N–H and O–H groups in total. The second-order valence-corrected chi connectivity index (χ2v) is 5.99. The van der Waals surface area contributed by atoms with Crippen molar-refractivity contribution in [3.8, 4) is 5.13 Å². The number of nitrogens with zero attached hydrogens (tertiary/aromatic N) is 3. The Morgan fingerprint density at radius 1 is 1.24 bits per heavy atom. The first-order chi connectivity index (χ1) is 11.9.